The summed E-state index contributed by atoms with van der Waals surface area (Å²) in [6.07, 6.45) is 3.50. The van der Waals surface area contributed by atoms with Crippen LogP contribution >= 0.6 is 0 Å². The summed E-state index contributed by atoms with van der Waals surface area (Å²) in [6, 6.07) is 26.9. The molecule has 0 unspecified atom stereocenters. The Bertz CT molecular complexity index is 1280. The van der Waals surface area contributed by atoms with Crippen LogP contribution in [0.25, 0.3) is 28.1 Å². The third kappa shape index (κ3) is 4.00. The smallest absolute Gasteiger partial charge is 0.407 e. The monoisotopic (exact) mass is 420 g/mol. The van der Waals surface area contributed by atoms with Crippen molar-refractivity contribution in [2.75, 3.05) is 13.2 Å². The Morgan fingerprint density at radius 3 is 2.44 bits per heavy atom. The predicted molar refractivity (Wildman–Crippen MR) is 129 cm³/mol. The number of hydrogen-bond acceptors (Lipinski definition) is 3. The molecule has 3 aromatic carbocycles. The normalized spacial score (nSPS) is 12.7. The van der Waals surface area contributed by atoms with Gasteiger partial charge >= 0.3 is 6.09 Å². The van der Waals surface area contributed by atoms with Gasteiger partial charge in [0.1, 0.15) is 6.61 Å². The third-order valence-electron chi connectivity index (χ3n) is 5.87. The molecule has 0 bridgehead atoms. The van der Waals surface area contributed by atoms with Crippen LogP contribution in [0, 0.1) is 6.92 Å². The van der Waals surface area contributed by atoms with Crippen molar-refractivity contribution in [3.05, 3.63) is 107 Å². The highest BCUT2D eigenvalue weighted by atomic mass is 16.5. The molecule has 4 aromatic rings. The van der Waals surface area contributed by atoms with Crippen LogP contribution in [0.15, 0.2) is 84.9 Å². The molecule has 4 heteroatoms. The van der Waals surface area contributed by atoms with Crippen LogP contribution in [0.3, 0.4) is 0 Å². The number of hydrogen-bond donors (Lipinski definition) is 1. The number of pyridine rings is 1. The topological polar surface area (TPSA) is 51.2 Å². The van der Waals surface area contributed by atoms with Crippen molar-refractivity contribution in [1.29, 1.82) is 0 Å². The molecule has 0 radical (unpaired) electrons. The molecule has 1 aliphatic rings. The van der Waals surface area contributed by atoms with Crippen molar-refractivity contribution in [3.8, 4) is 11.1 Å². The van der Waals surface area contributed by atoms with Crippen molar-refractivity contribution in [2.45, 2.75) is 12.8 Å². The van der Waals surface area contributed by atoms with Crippen LogP contribution in [-0.4, -0.2) is 24.2 Å². The highest BCUT2D eigenvalue weighted by molar-refractivity contribution is 5.81. The largest absolute Gasteiger partial charge is 0.449 e. The quantitative estimate of drug-likeness (QED) is 0.425. The number of carbonyl (C=O) groups is 1. The van der Waals surface area contributed by atoms with Gasteiger partial charge in [0.25, 0.3) is 0 Å². The third-order valence-corrected chi connectivity index (χ3v) is 5.87. The Kier molecular flexibility index (Phi) is 5.42. The number of aryl methyl sites for hydroxylation is 1. The molecule has 1 N–H and O–H groups in total. The van der Waals surface area contributed by atoms with E-state index in [0.29, 0.717) is 13.2 Å². The molecule has 0 saturated carbocycles. The van der Waals surface area contributed by atoms with Crippen LogP contribution in [-0.2, 0) is 4.74 Å². The summed E-state index contributed by atoms with van der Waals surface area (Å²) in [4.78, 5) is 16.8. The molecule has 1 heterocycles. The first-order chi connectivity index (χ1) is 15.7. The molecule has 32 heavy (non-hydrogen) atoms. The van der Waals surface area contributed by atoms with Crippen LogP contribution in [0.1, 0.15) is 28.3 Å². The molecule has 0 aliphatic heterocycles. The van der Waals surface area contributed by atoms with Crippen molar-refractivity contribution in [3.63, 3.8) is 0 Å². The molecular formula is C28H24N2O2. The summed E-state index contributed by atoms with van der Waals surface area (Å²) in [7, 11) is 0. The molecule has 1 aliphatic carbocycles. The number of carbonyl (C=O) groups excluding carboxylic acids is 1. The molecule has 1 aromatic heterocycles. The van der Waals surface area contributed by atoms with Crippen LogP contribution in [0.4, 0.5) is 4.79 Å². The van der Waals surface area contributed by atoms with Gasteiger partial charge < -0.3 is 10.1 Å². The van der Waals surface area contributed by atoms with Gasteiger partial charge in [-0.2, -0.15) is 0 Å². The molecular weight excluding hydrogens is 396 g/mol. The van der Waals surface area contributed by atoms with Crippen molar-refractivity contribution < 1.29 is 9.53 Å². The van der Waals surface area contributed by atoms with E-state index >= 15 is 0 Å². The first-order valence-corrected chi connectivity index (χ1v) is 10.8. The second kappa shape index (κ2) is 8.67. The zero-order chi connectivity index (χ0) is 21.9. The van der Waals surface area contributed by atoms with Gasteiger partial charge in [-0.15, -0.1) is 0 Å². The molecule has 0 fully saturated rings. The lowest BCUT2D eigenvalue weighted by molar-refractivity contribution is 0.144. The molecule has 4 nitrogen and oxygen atoms in total. The number of nitrogens with one attached hydrogen (secondary N) is 1. The minimum atomic E-state index is -0.408. The SMILES string of the molecule is Cc1ccc2cc(C=CCNC(=O)OCC3c4ccccc4-c4ccccc43)ccc2n1. The Hall–Kier alpha value is -3.92. The average Bonchev–Trinajstić information content (AvgIpc) is 3.14. The Balaban J connectivity index is 1.17. The standard InChI is InChI=1S/C28H24N2O2/c1-19-12-14-21-17-20(13-15-27(21)30-19)7-6-16-29-28(31)32-18-26-24-10-4-2-8-22(24)23-9-3-5-11-25(23)26/h2-15,17,26H,16,18H2,1H3,(H,29,31). The minimum absolute atomic E-state index is 0.0681. The van der Waals surface area contributed by atoms with Gasteiger partial charge in [-0.3, -0.25) is 4.98 Å². The number of ether oxygens (including phenoxy) is 1. The summed E-state index contributed by atoms with van der Waals surface area (Å²) < 4.78 is 5.57. The van der Waals surface area contributed by atoms with Crippen LogP contribution in [0.2, 0.25) is 0 Å². The molecule has 0 spiro atoms. The summed E-state index contributed by atoms with van der Waals surface area (Å²) in [5.74, 6) is 0.0681. The second-order valence-electron chi connectivity index (χ2n) is 8.01. The summed E-state index contributed by atoms with van der Waals surface area (Å²) >= 11 is 0. The van der Waals surface area contributed by atoms with Gasteiger partial charge in [0.2, 0.25) is 0 Å². The Labute approximate surface area is 187 Å². The maximum absolute atomic E-state index is 12.3. The fourth-order valence-corrected chi connectivity index (χ4v) is 4.34. The van der Waals surface area contributed by atoms with Crippen molar-refractivity contribution >= 4 is 23.1 Å². The maximum atomic E-state index is 12.3. The highest BCUT2D eigenvalue weighted by Gasteiger charge is 2.28. The number of rotatable bonds is 5. The Morgan fingerprint density at radius 2 is 1.69 bits per heavy atom. The second-order valence-corrected chi connectivity index (χ2v) is 8.01. The van der Waals surface area contributed by atoms with Crippen molar-refractivity contribution in [1.82, 2.24) is 10.3 Å². The average molecular weight is 421 g/mol. The first-order valence-electron chi connectivity index (χ1n) is 10.8. The zero-order valence-corrected chi connectivity index (χ0v) is 17.9. The van der Waals surface area contributed by atoms with E-state index in [1.54, 1.807) is 0 Å². The summed E-state index contributed by atoms with van der Waals surface area (Å²) in [5.41, 5.74) is 7.93. The van der Waals surface area contributed by atoms with E-state index in [2.05, 4.69) is 46.7 Å². The van der Waals surface area contributed by atoms with Gasteiger partial charge in [-0.05, 0) is 52.9 Å². The fraction of sp³-hybridized carbons (Fsp3) is 0.143. The lowest BCUT2D eigenvalue weighted by Crippen LogP contribution is -2.26. The molecule has 0 atom stereocenters. The first kappa shape index (κ1) is 20.0. The van der Waals surface area contributed by atoms with E-state index in [1.165, 1.54) is 22.3 Å². The van der Waals surface area contributed by atoms with Gasteiger partial charge in [0, 0.05) is 23.5 Å². The van der Waals surface area contributed by atoms with Gasteiger partial charge in [-0.25, -0.2) is 4.79 Å². The molecule has 158 valence electrons. The van der Waals surface area contributed by atoms with E-state index in [1.807, 2.05) is 61.5 Å². The number of aromatic nitrogens is 1. The number of amides is 1. The van der Waals surface area contributed by atoms with E-state index < -0.39 is 6.09 Å². The van der Waals surface area contributed by atoms with Gasteiger partial charge in [0.15, 0.2) is 0 Å². The molecule has 5 rings (SSSR count). The lowest BCUT2D eigenvalue weighted by Gasteiger charge is -2.14. The van der Waals surface area contributed by atoms with E-state index in [0.717, 1.165) is 22.2 Å². The van der Waals surface area contributed by atoms with E-state index in [9.17, 15) is 4.79 Å². The maximum Gasteiger partial charge on any atom is 0.407 e. The van der Waals surface area contributed by atoms with Crippen LogP contribution < -0.4 is 5.32 Å². The van der Waals surface area contributed by atoms with Gasteiger partial charge in [-0.1, -0.05) is 72.8 Å². The summed E-state index contributed by atoms with van der Waals surface area (Å²) in [6.45, 7) is 2.71. The number of nitrogens with zero attached hydrogens (tertiary/aromatic N) is 1. The number of fused-ring (bicyclic) bond motifs is 4. The molecule has 1 amide bonds. The van der Waals surface area contributed by atoms with Crippen molar-refractivity contribution in [2.24, 2.45) is 0 Å². The predicted octanol–water partition coefficient (Wildman–Crippen LogP) is 6.10. The highest BCUT2D eigenvalue weighted by Crippen LogP contribution is 2.44. The van der Waals surface area contributed by atoms with E-state index in [4.69, 9.17) is 4.74 Å². The molecule has 0 saturated heterocycles. The minimum Gasteiger partial charge on any atom is -0.449 e. The van der Waals surface area contributed by atoms with Gasteiger partial charge in [0.05, 0.1) is 5.52 Å². The summed E-state index contributed by atoms with van der Waals surface area (Å²) in [5, 5.41) is 3.91. The number of benzene rings is 3. The fourth-order valence-electron chi connectivity index (χ4n) is 4.34. The Morgan fingerprint density at radius 1 is 0.969 bits per heavy atom. The number of alkyl carbamates (subject to hydrolysis) is 1. The zero-order valence-electron chi connectivity index (χ0n) is 17.9. The lowest BCUT2D eigenvalue weighted by atomic mass is 9.98. The van der Waals surface area contributed by atoms with E-state index in [-0.39, 0.29) is 5.92 Å². The van der Waals surface area contributed by atoms with Crippen LogP contribution in [0.5, 0.6) is 0 Å².